The van der Waals surface area contributed by atoms with Crippen LogP contribution in [0.25, 0.3) is 0 Å². The summed E-state index contributed by atoms with van der Waals surface area (Å²) >= 11 is 0. The predicted octanol–water partition coefficient (Wildman–Crippen LogP) is 3.78. The van der Waals surface area contributed by atoms with Gasteiger partial charge in [-0.15, -0.1) is 24.0 Å². The van der Waals surface area contributed by atoms with Crippen LogP contribution in [0.4, 0.5) is 0 Å². The van der Waals surface area contributed by atoms with Gasteiger partial charge in [0.15, 0.2) is 5.96 Å². The average Bonchev–Trinajstić information content (AvgIpc) is 3.33. The first-order chi connectivity index (χ1) is 15.7. The Kier molecular flexibility index (Phi) is 12.9. The molecule has 3 rings (SSSR count). The fourth-order valence-corrected chi connectivity index (χ4v) is 4.23. The number of aryl methyl sites for hydroxylation is 1. The van der Waals surface area contributed by atoms with Crippen molar-refractivity contribution in [1.82, 2.24) is 16.0 Å². The van der Waals surface area contributed by atoms with E-state index < -0.39 is 0 Å². The molecule has 0 aromatic heterocycles. The van der Waals surface area contributed by atoms with Crippen molar-refractivity contribution in [3.8, 4) is 5.75 Å². The minimum absolute atomic E-state index is 0. The van der Waals surface area contributed by atoms with E-state index in [9.17, 15) is 4.79 Å². The van der Waals surface area contributed by atoms with Gasteiger partial charge in [-0.25, -0.2) is 4.99 Å². The van der Waals surface area contributed by atoms with Crippen molar-refractivity contribution < 1.29 is 14.3 Å². The van der Waals surface area contributed by atoms with Crippen LogP contribution in [0.3, 0.4) is 0 Å². The van der Waals surface area contributed by atoms with Gasteiger partial charge in [-0.2, -0.15) is 0 Å². The van der Waals surface area contributed by atoms with Crippen molar-refractivity contribution in [2.75, 3.05) is 39.5 Å². The highest BCUT2D eigenvalue weighted by Gasteiger charge is 2.20. The lowest BCUT2D eigenvalue weighted by atomic mass is 9.89. The fraction of sp³-hybridized carbons (Fsp3) is 0.680. The minimum Gasteiger partial charge on any atom is -0.493 e. The molecule has 0 radical (unpaired) electrons. The van der Waals surface area contributed by atoms with Gasteiger partial charge in [0.25, 0.3) is 0 Å². The third kappa shape index (κ3) is 9.68. The third-order valence-corrected chi connectivity index (χ3v) is 6.17. The molecule has 2 aliphatic rings. The second-order valence-electron chi connectivity index (χ2n) is 8.90. The van der Waals surface area contributed by atoms with E-state index in [-0.39, 0.29) is 35.8 Å². The maximum atomic E-state index is 12.3. The SMILES string of the molecule is CCNC(=NCc1ccc(C)cc1OCC1CCOC1)NCCNC(=O)C1CCCCC1.I. The van der Waals surface area contributed by atoms with Crippen LogP contribution in [0.2, 0.25) is 0 Å². The maximum absolute atomic E-state index is 12.3. The van der Waals surface area contributed by atoms with Crippen LogP contribution in [0.5, 0.6) is 5.75 Å². The molecule has 186 valence electrons. The first-order valence-electron chi connectivity index (χ1n) is 12.3. The van der Waals surface area contributed by atoms with E-state index in [2.05, 4.69) is 41.1 Å². The Morgan fingerprint density at radius 2 is 1.91 bits per heavy atom. The summed E-state index contributed by atoms with van der Waals surface area (Å²) in [7, 11) is 0. The van der Waals surface area contributed by atoms with E-state index in [1.165, 1.54) is 24.8 Å². The summed E-state index contributed by atoms with van der Waals surface area (Å²) in [6.45, 7) is 8.96. The van der Waals surface area contributed by atoms with Gasteiger partial charge in [-0.1, -0.05) is 31.4 Å². The molecule has 0 spiro atoms. The molecule has 1 aliphatic heterocycles. The smallest absolute Gasteiger partial charge is 0.223 e. The molecule has 1 unspecified atom stereocenters. The molecule has 2 fully saturated rings. The largest absolute Gasteiger partial charge is 0.493 e. The van der Waals surface area contributed by atoms with Gasteiger partial charge < -0.3 is 25.4 Å². The summed E-state index contributed by atoms with van der Waals surface area (Å²) in [4.78, 5) is 17.0. The number of nitrogens with zero attached hydrogens (tertiary/aromatic N) is 1. The molecule has 3 N–H and O–H groups in total. The summed E-state index contributed by atoms with van der Waals surface area (Å²) in [6, 6.07) is 6.27. The van der Waals surface area contributed by atoms with Gasteiger partial charge in [0, 0.05) is 43.6 Å². The lowest BCUT2D eigenvalue weighted by molar-refractivity contribution is -0.125. The number of nitrogens with one attached hydrogen (secondary N) is 3. The van der Waals surface area contributed by atoms with E-state index in [0.29, 0.717) is 32.2 Å². The van der Waals surface area contributed by atoms with Gasteiger partial charge in [-0.05, 0) is 44.7 Å². The fourth-order valence-electron chi connectivity index (χ4n) is 4.23. The quantitative estimate of drug-likeness (QED) is 0.172. The number of carbonyl (C=O) groups excluding carboxylic acids is 1. The standard InChI is InChI=1S/C25H40N4O3.HI/c1-3-26-25(28-13-12-27-24(30)21-7-5-4-6-8-21)29-16-22-10-9-19(2)15-23(22)32-18-20-11-14-31-17-20;/h9-10,15,20-21H,3-8,11-14,16-18H2,1-2H3,(H,27,30)(H2,26,28,29);1H. The zero-order valence-corrected chi connectivity index (χ0v) is 22.5. The number of ether oxygens (including phenoxy) is 2. The van der Waals surface area contributed by atoms with Crippen molar-refractivity contribution in [1.29, 1.82) is 0 Å². The first-order valence-corrected chi connectivity index (χ1v) is 12.3. The lowest BCUT2D eigenvalue weighted by Crippen LogP contribution is -2.42. The molecular formula is C25H41IN4O3. The monoisotopic (exact) mass is 572 g/mol. The molecule has 1 aromatic carbocycles. The van der Waals surface area contributed by atoms with Crippen molar-refractivity contribution in [3.63, 3.8) is 0 Å². The Morgan fingerprint density at radius 3 is 2.64 bits per heavy atom. The summed E-state index contributed by atoms with van der Waals surface area (Å²) in [5.74, 6) is 2.50. The number of amides is 1. The normalized spacial score (nSPS) is 19.0. The van der Waals surface area contributed by atoms with Crippen molar-refractivity contribution >= 4 is 35.8 Å². The Bertz CT molecular complexity index is 747. The number of guanidine groups is 1. The first kappa shape index (κ1) is 27.7. The highest BCUT2D eigenvalue weighted by Crippen LogP contribution is 2.24. The Labute approximate surface area is 215 Å². The Morgan fingerprint density at radius 1 is 1.12 bits per heavy atom. The number of hydrogen-bond acceptors (Lipinski definition) is 4. The summed E-state index contributed by atoms with van der Waals surface area (Å²) in [5, 5.41) is 9.67. The van der Waals surface area contributed by atoms with Gasteiger partial charge in [0.2, 0.25) is 5.91 Å². The van der Waals surface area contributed by atoms with Gasteiger partial charge >= 0.3 is 0 Å². The van der Waals surface area contributed by atoms with Crippen LogP contribution >= 0.6 is 24.0 Å². The number of benzene rings is 1. The zero-order chi connectivity index (χ0) is 22.6. The van der Waals surface area contributed by atoms with Crippen molar-refractivity contribution in [2.45, 2.75) is 58.9 Å². The summed E-state index contributed by atoms with van der Waals surface area (Å²) in [6.07, 6.45) is 6.72. The van der Waals surface area contributed by atoms with Crippen LogP contribution in [0.15, 0.2) is 23.2 Å². The van der Waals surface area contributed by atoms with Crippen LogP contribution in [-0.2, 0) is 16.1 Å². The van der Waals surface area contributed by atoms with Crippen LogP contribution < -0.4 is 20.7 Å². The zero-order valence-electron chi connectivity index (χ0n) is 20.2. The second-order valence-corrected chi connectivity index (χ2v) is 8.90. The molecule has 7 nitrogen and oxygen atoms in total. The highest BCUT2D eigenvalue weighted by molar-refractivity contribution is 14.0. The molecule has 1 heterocycles. The van der Waals surface area contributed by atoms with Crippen LogP contribution in [0, 0.1) is 18.8 Å². The molecule has 1 amide bonds. The van der Waals surface area contributed by atoms with E-state index >= 15 is 0 Å². The minimum atomic E-state index is 0. The van der Waals surface area contributed by atoms with Crippen molar-refractivity contribution in [2.24, 2.45) is 16.8 Å². The number of carbonyl (C=O) groups is 1. The molecule has 8 heteroatoms. The number of halogens is 1. The number of rotatable bonds is 10. The van der Waals surface area contributed by atoms with E-state index in [4.69, 9.17) is 14.5 Å². The lowest BCUT2D eigenvalue weighted by Gasteiger charge is -2.21. The highest BCUT2D eigenvalue weighted by atomic mass is 127. The van der Waals surface area contributed by atoms with Crippen LogP contribution in [0.1, 0.15) is 56.6 Å². The van der Waals surface area contributed by atoms with Crippen LogP contribution in [-0.4, -0.2) is 51.3 Å². The van der Waals surface area contributed by atoms with Crippen molar-refractivity contribution in [3.05, 3.63) is 29.3 Å². The molecule has 33 heavy (non-hydrogen) atoms. The molecule has 1 saturated carbocycles. The molecular weight excluding hydrogens is 531 g/mol. The second kappa shape index (κ2) is 15.4. The Hall–Kier alpha value is -1.55. The predicted molar refractivity (Wildman–Crippen MR) is 143 cm³/mol. The van der Waals surface area contributed by atoms with E-state index in [1.54, 1.807) is 0 Å². The van der Waals surface area contributed by atoms with Gasteiger partial charge in [0.05, 0.1) is 19.8 Å². The summed E-state index contributed by atoms with van der Waals surface area (Å²) in [5.41, 5.74) is 2.24. The molecule has 0 bridgehead atoms. The maximum Gasteiger partial charge on any atom is 0.223 e. The summed E-state index contributed by atoms with van der Waals surface area (Å²) < 4.78 is 11.6. The van der Waals surface area contributed by atoms with Gasteiger partial charge in [-0.3, -0.25) is 4.79 Å². The molecule has 1 saturated heterocycles. The third-order valence-electron chi connectivity index (χ3n) is 6.17. The average molecular weight is 573 g/mol. The molecule has 1 atom stereocenters. The number of hydrogen-bond donors (Lipinski definition) is 3. The molecule has 1 aromatic rings. The number of aliphatic imine (C=N–C) groups is 1. The topological polar surface area (TPSA) is 84.0 Å². The Balaban J connectivity index is 0.00000385. The van der Waals surface area contributed by atoms with E-state index in [1.807, 2.05) is 6.92 Å². The van der Waals surface area contributed by atoms with Gasteiger partial charge in [0.1, 0.15) is 5.75 Å². The molecule has 1 aliphatic carbocycles. The van der Waals surface area contributed by atoms with E-state index in [0.717, 1.165) is 56.3 Å².